The minimum Gasteiger partial charge on any atom is -0.497 e. The molecule has 0 fully saturated rings. The quantitative estimate of drug-likeness (QED) is 0.475. The summed E-state index contributed by atoms with van der Waals surface area (Å²) in [5, 5.41) is 0. The van der Waals surface area contributed by atoms with Crippen LogP contribution in [-0.2, 0) is 5.60 Å². The highest BCUT2D eigenvalue weighted by Gasteiger charge is 2.31. The van der Waals surface area contributed by atoms with Gasteiger partial charge in [-0.1, -0.05) is 68.4 Å². The van der Waals surface area contributed by atoms with E-state index in [1.165, 1.54) is 5.56 Å². The summed E-state index contributed by atoms with van der Waals surface area (Å²) in [6.07, 6.45) is 1.13. The Hall–Kier alpha value is -2.74. The lowest BCUT2D eigenvalue weighted by molar-refractivity contribution is 0.132. The van der Waals surface area contributed by atoms with Crippen molar-refractivity contribution in [3.05, 3.63) is 95.6 Å². The summed E-state index contributed by atoms with van der Waals surface area (Å²) in [5.74, 6) is 2.26. The van der Waals surface area contributed by atoms with Crippen LogP contribution in [0.2, 0.25) is 0 Å². The number of benzene rings is 3. The summed E-state index contributed by atoms with van der Waals surface area (Å²) in [5.41, 5.74) is 2.95. The minimum absolute atomic E-state index is 0.557. The zero-order valence-electron chi connectivity index (χ0n) is 16.6. The molecule has 3 aromatic rings. The van der Waals surface area contributed by atoms with Crippen LogP contribution in [0.5, 0.6) is 11.5 Å². The van der Waals surface area contributed by atoms with Crippen molar-refractivity contribution in [2.24, 2.45) is 0 Å². The number of ether oxygens (including phenoxy) is 2. The van der Waals surface area contributed by atoms with E-state index in [0.717, 1.165) is 29.0 Å². The summed E-state index contributed by atoms with van der Waals surface area (Å²) in [6.45, 7) is 6.58. The third-order valence-corrected chi connectivity index (χ3v) is 5.35. The van der Waals surface area contributed by atoms with E-state index in [2.05, 4.69) is 69.3 Å². The Morgan fingerprint density at radius 1 is 0.778 bits per heavy atom. The second kappa shape index (κ2) is 8.30. The van der Waals surface area contributed by atoms with E-state index in [1.807, 2.05) is 30.3 Å². The van der Waals surface area contributed by atoms with Crippen LogP contribution in [0.15, 0.2) is 78.9 Å². The molecule has 2 nitrogen and oxygen atoms in total. The largest absolute Gasteiger partial charge is 0.497 e. The minimum atomic E-state index is -0.592. The lowest BCUT2D eigenvalue weighted by Gasteiger charge is -2.32. The molecule has 0 saturated carbocycles. The van der Waals surface area contributed by atoms with Crippen LogP contribution >= 0.6 is 0 Å². The molecule has 0 radical (unpaired) electrons. The third kappa shape index (κ3) is 4.16. The first kappa shape index (κ1) is 19.0. The van der Waals surface area contributed by atoms with Crippen molar-refractivity contribution in [2.45, 2.75) is 38.7 Å². The Balaban J connectivity index is 1.97. The maximum Gasteiger partial charge on any atom is 0.156 e. The smallest absolute Gasteiger partial charge is 0.156 e. The maximum absolute atomic E-state index is 6.58. The molecule has 2 unspecified atom stereocenters. The molecule has 0 saturated heterocycles. The highest BCUT2D eigenvalue weighted by Crippen LogP contribution is 2.36. The topological polar surface area (TPSA) is 18.5 Å². The number of hydrogen-bond donors (Lipinski definition) is 0. The summed E-state index contributed by atoms with van der Waals surface area (Å²) in [7, 11) is 1.68. The molecular formula is C25H28O2. The fraction of sp³-hybridized carbons (Fsp3) is 0.280. The highest BCUT2D eigenvalue weighted by atomic mass is 16.5. The van der Waals surface area contributed by atoms with Gasteiger partial charge in [-0.25, -0.2) is 0 Å². The van der Waals surface area contributed by atoms with Gasteiger partial charge in [-0.05, 0) is 60.2 Å². The predicted molar refractivity (Wildman–Crippen MR) is 112 cm³/mol. The lowest BCUT2D eigenvalue weighted by Crippen LogP contribution is -2.31. The molecule has 0 N–H and O–H groups in total. The van der Waals surface area contributed by atoms with E-state index in [0.29, 0.717) is 5.92 Å². The first-order valence-corrected chi connectivity index (χ1v) is 9.56. The molecule has 0 amide bonds. The van der Waals surface area contributed by atoms with Crippen LogP contribution in [0.25, 0.3) is 0 Å². The molecular weight excluding hydrogens is 332 g/mol. The van der Waals surface area contributed by atoms with Gasteiger partial charge in [0, 0.05) is 0 Å². The number of methoxy groups -OCH3 is 1. The van der Waals surface area contributed by atoms with Crippen molar-refractivity contribution in [1.82, 2.24) is 0 Å². The van der Waals surface area contributed by atoms with Gasteiger partial charge in [0.05, 0.1) is 7.11 Å². The second-order valence-corrected chi connectivity index (χ2v) is 7.11. The van der Waals surface area contributed by atoms with Crippen molar-refractivity contribution < 1.29 is 9.47 Å². The van der Waals surface area contributed by atoms with Crippen LogP contribution in [0.1, 0.15) is 49.8 Å². The van der Waals surface area contributed by atoms with Gasteiger partial charge in [0.2, 0.25) is 0 Å². The molecule has 0 aliphatic carbocycles. The molecule has 0 heterocycles. The lowest BCUT2D eigenvalue weighted by atomic mass is 9.87. The fourth-order valence-electron chi connectivity index (χ4n) is 3.29. The van der Waals surface area contributed by atoms with Crippen molar-refractivity contribution in [2.75, 3.05) is 7.11 Å². The van der Waals surface area contributed by atoms with Crippen LogP contribution in [0, 0.1) is 0 Å². The van der Waals surface area contributed by atoms with E-state index in [9.17, 15) is 0 Å². The Bertz CT molecular complexity index is 838. The molecule has 27 heavy (non-hydrogen) atoms. The van der Waals surface area contributed by atoms with E-state index in [4.69, 9.17) is 9.47 Å². The van der Waals surface area contributed by atoms with Crippen molar-refractivity contribution in [3.8, 4) is 11.5 Å². The van der Waals surface area contributed by atoms with Crippen molar-refractivity contribution in [1.29, 1.82) is 0 Å². The van der Waals surface area contributed by atoms with E-state index >= 15 is 0 Å². The molecule has 0 aliphatic rings. The van der Waals surface area contributed by atoms with Crippen LogP contribution < -0.4 is 9.47 Å². The molecule has 2 heteroatoms. The predicted octanol–water partition coefficient (Wildman–Crippen LogP) is 6.55. The highest BCUT2D eigenvalue weighted by molar-refractivity contribution is 5.41. The maximum atomic E-state index is 6.58. The first-order valence-electron chi connectivity index (χ1n) is 9.56. The first-order chi connectivity index (χ1) is 13.1. The van der Waals surface area contributed by atoms with Gasteiger partial charge in [-0.3, -0.25) is 0 Å². The van der Waals surface area contributed by atoms with Gasteiger partial charge in [0.25, 0.3) is 0 Å². The van der Waals surface area contributed by atoms with Crippen molar-refractivity contribution in [3.63, 3.8) is 0 Å². The number of rotatable bonds is 7. The zero-order chi connectivity index (χ0) is 19.3. The van der Waals surface area contributed by atoms with Crippen LogP contribution in [-0.4, -0.2) is 7.11 Å². The average Bonchev–Trinajstić information content (AvgIpc) is 2.74. The molecule has 0 aliphatic heterocycles. The Morgan fingerprint density at radius 3 is 1.89 bits per heavy atom. The molecule has 3 rings (SSSR count). The van der Waals surface area contributed by atoms with Gasteiger partial charge < -0.3 is 9.47 Å². The zero-order valence-corrected chi connectivity index (χ0v) is 16.6. The number of hydrogen-bond acceptors (Lipinski definition) is 2. The molecule has 2 atom stereocenters. The summed E-state index contributed by atoms with van der Waals surface area (Å²) >= 11 is 0. The molecule has 0 aromatic heterocycles. The second-order valence-electron chi connectivity index (χ2n) is 7.11. The summed E-state index contributed by atoms with van der Waals surface area (Å²) in [4.78, 5) is 0. The van der Waals surface area contributed by atoms with Gasteiger partial charge >= 0.3 is 0 Å². The van der Waals surface area contributed by atoms with Crippen LogP contribution in [0.4, 0.5) is 0 Å². The monoisotopic (exact) mass is 360 g/mol. The van der Waals surface area contributed by atoms with Gasteiger partial charge in [-0.2, -0.15) is 0 Å². The van der Waals surface area contributed by atoms with E-state index in [-0.39, 0.29) is 0 Å². The summed E-state index contributed by atoms with van der Waals surface area (Å²) in [6, 6.07) is 26.9. The van der Waals surface area contributed by atoms with Crippen molar-refractivity contribution >= 4 is 0 Å². The fourth-order valence-corrected chi connectivity index (χ4v) is 3.29. The standard InChI is InChI=1S/C25H28O2/c1-5-19(2)20-11-15-24(16-12-20)27-25(3,21-9-7-6-8-10-21)22-13-17-23(26-4)18-14-22/h6-19H,5H2,1-4H3. The normalized spacial score (nSPS) is 14.2. The SMILES string of the molecule is CCC(C)c1ccc(OC(C)(c2ccccc2)c2ccc(OC)cc2)cc1. The summed E-state index contributed by atoms with van der Waals surface area (Å²) < 4.78 is 11.9. The van der Waals surface area contributed by atoms with E-state index < -0.39 is 5.60 Å². The molecule has 0 spiro atoms. The Labute approximate surface area is 162 Å². The average molecular weight is 360 g/mol. The van der Waals surface area contributed by atoms with Gasteiger partial charge in [-0.15, -0.1) is 0 Å². The van der Waals surface area contributed by atoms with Crippen LogP contribution in [0.3, 0.4) is 0 Å². The Morgan fingerprint density at radius 2 is 1.33 bits per heavy atom. The Kier molecular flexibility index (Phi) is 5.85. The molecule has 0 bridgehead atoms. The third-order valence-electron chi connectivity index (χ3n) is 5.35. The van der Waals surface area contributed by atoms with E-state index in [1.54, 1.807) is 7.11 Å². The van der Waals surface area contributed by atoms with Gasteiger partial charge in [0.15, 0.2) is 5.60 Å². The van der Waals surface area contributed by atoms with Gasteiger partial charge in [0.1, 0.15) is 11.5 Å². The molecule has 140 valence electrons. The molecule has 3 aromatic carbocycles.